The van der Waals surface area contributed by atoms with E-state index in [1.165, 1.54) is 12.1 Å². The minimum atomic E-state index is -3.34. The van der Waals surface area contributed by atoms with Crippen molar-refractivity contribution in [2.24, 2.45) is 0 Å². The van der Waals surface area contributed by atoms with Crippen molar-refractivity contribution in [1.82, 2.24) is 10.2 Å². The van der Waals surface area contributed by atoms with E-state index in [1.807, 2.05) is 6.07 Å². The molecule has 0 bridgehead atoms. The number of piperidine rings is 1. The summed E-state index contributed by atoms with van der Waals surface area (Å²) in [7, 11) is -3.34. The molecule has 1 amide bonds. The molecular formula is C22H26Cl2N2O4S. The van der Waals surface area contributed by atoms with E-state index in [0.29, 0.717) is 22.2 Å². The molecule has 1 heterocycles. The monoisotopic (exact) mass is 484 g/mol. The Morgan fingerprint density at radius 3 is 2.55 bits per heavy atom. The topological polar surface area (TPSA) is 75.7 Å². The van der Waals surface area contributed by atoms with Gasteiger partial charge in [-0.15, -0.1) is 0 Å². The molecular weight excluding hydrogens is 459 g/mol. The fourth-order valence-corrected chi connectivity index (χ4v) is 4.42. The molecule has 0 atom stereocenters. The largest absolute Gasteiger partial charge is 0.490 e. The highest BCUT2D eigenvalue weighted by molar-refractivity contribution is 7.90. The number of benzene rings is 2. The van der Waals surface area contributed by atoms with Gasteiger partial charge in [0.1, 0.15) is 11.9 Å². The predicted octanol–water partition coefficient (Wildman–Crippen LogP) is 4.06. The number of carbonyl (C=O) groups excluding carboxylic acids is 1. The highest BCUT2D eigenvalue weighted by Crippen LogP contribution is 2.28. The molecule has 2 aromatic rings. The van der Waals surface area contributed by atoms with Crippen LogP contribution in [0.1, 0.15) is 29.6 Å². The van der Waals surface area contributed by atoms with Crippen LogP contribution in [0.5, 0.6) is 5.75 Å². The number of carbonyl (C=O) groups is 1. The van der Waals surface area contributed by atoms with Crippen molar-refractivity contribution in [3.8, 4) is 5.75 Å². The van der Waals surface area contributed by atoms with Crippen molar-refractivity contribution < 1.29 is 17.9 Å². The van der Waals surface area contributed by atoms with E-state index in [9.17, 15) is 13.2 Å². The number of rotatable bonds is 8. The van der Waals surface area contributed by atoms with Gasteiger partial charge >= 0.3 is 0 Å². The zero-order valence-electron chi connectivity index (χ0n) is 17.3. The molecule has 9 heteroatoms. The summed E-state index contributed by atoms with van der Waals surface area (Å²) in [5, 5.41) is 3.86. The molecule has 168 valence electrons. The van der Waals surface area contributed by atoms with Gasteiger partial charge in [-0.2, -0.15) is 0 Å². The molecule has 1 aliphatic rings. The predicted molar refractivity (Wildman–Crippen MR) is 123 cm³/mol. The standard InChI is InChI=1S/C22H26Cl2N2O4S/c1-31(28,29)19-5-2-4-16(14-19)22(27)25-10-3-11-26-12-8-17(9-13-26)30-18-6-7-20(23)21(24)15-18/h2,4-7,14-15,17H,3,8-13H2,1H3,(H,25,27). The maximum absolute atomic E-state index is 12.3. The Labute approximate surface area is 193 Å². The summed E-state index contributed by atoms with van der Waals surface area (Å²) in [5.41, 5.74) is 0.350. The van der Waals surface area contributed by atoms with Gasteiger partial charge in [0.25, 0.3) is 5.91 Å². The summed E-state index contributed by atoms with van der Waals surface area (Å²) < 4.78 is 29.3. The Balaban J connectivity index is 1.36. The van der Waals surface area contributed by atoms with Crippen LogP contribution in [0, 0.1) is 0 Å². The maximum Gasteiger partial charge on any atom is 0.251 e. The molecule has 2 aromatic carbocycles. The Bertz CT molecular complexity index is 1020. The quantitative estimate of drug-likeness (QED) is 0.571. The highest BCUT2D eigenvalue weighted by Gasteiger charge is 2.20. The summed E-state index contributed by atoms with van der Waals surface area (Å²) in [5.74, 6) is 0.467. The van der Waals surface area contributed by atoms with E-state index in [-0.39, 0.29) is 16.9 Å². The number of likely N-dealkylation sites (tertiary alicyclic amines) is 1. The second-order valence-corrected chi connectivity index (χ2v) is 10.5. The number of amides is 1. The molecule has 1 saturated heterocycles. The first-order valence-electron chi connectivity index (χ1n) is 10.1. The number of nitrogens with one attached hydrogen (secondary N) is 1. The van der Waals surface area contributed by atoms with Gasteiger partial charge in [0.2, 0.25) is 0 Å². The lowest BCUT2D eigenvalue weighted by molar-refractivity contribution is 0.0935. The number of halogens is 2. The summed E-state index contributed by atoms with van der Waals surface area (Å²) >= 11 is 12.0. The van der Waals surface area contributed by atoms with Crippen LogP contribution in [0.2, 0.25) is 10.0 Å². The normalized spacial score (nSPS) is 15.6. The van der Waals surface area contributed by atoms with Crippen LogP contribution in [-0.4, -0.2) is 57.8 Å². The van der Waals surface area contributed by atoms with E-state index >= 15 is 0 Å². The molecule has 6 nitrogen and oxygen atoms in total. The third kappa shape index (κ3) is 7.10. The summed E-state index contributed by atoms with van der Waals surface area (Å²) in [6, 6.07) is 11.4. The highest BCUT2D eigenvalue weighted by atomic mass is 35.5. The molecule has 0 aliphatic carbocycles. The van der Waals surface area contributed by atoms with Gasteiger partial charge in [0.05, 0.1) is 14.9 Å². The number of hydrogen-bond acceptors (Lipinski definition) is 5. The molecule has 0 saturated carbocycles. The van der Waals surface area contributed by atoms with Crippen molar-refractivity contribution in [1.29, 1.82) is 0 Å². The third-order valence-electron chi connectivity index (χ3n) is 5.19. The van der Waals surface area contributed by atoms with Crippen LogP contribution in [0.25, 0.3) is 0 Å². The van der Waals surface area contributed by atoms with Gasteiger partial charge < -0.3 is 15.0 Å². The first kappa shape index (κ1) is 23.9. The van der Waals surface area contributed by atoms with Gasteiger partial charge in [-0.3, -0.25) is 4.79 Å². The van der Waals surface area contributed by atoms with Gasteiger partial charge in [-0.05, 0) is 56.1 Å². The van der Waals surface area contributed by atoms with Gasteiger partial charge in [0.15, 0.2) is 9.84 Å². The first-order chi connectivity index (χ1) is 14.7. The van der Waals surface area contributed by atoms with E-state index in [1.54, 1.807) is 24.3 Å². The van der Waals surface area contributed by atoms with E-state index < -0.39 is 9.84 Å². The van der Waals surface area contributed by atoms with Crippen LogP contribution in [0.3, 0.4) is 0 Å². The van der Waals surface area contributed by atoms with Crippen LogP contribution in [-0.2, 0) is 9.84 Å². The molecule has 1 N–H and O–H groups in total. The van der Waals surface area contributed by atoms with E-state index in [4.69, 9.17) is 27.9 Å². The average molecular weight is 485 g/mol. The summed E-state index contributed by atoms with van der Waals surface area (Å²) in [4.78, 5) is 14.8. The molecule has 0 spiro atoms. The lowest BCUT2D eigenvalue weighted by atomic mass is 10.1. The fourth-order valence-electron chi connectivity index (χ4n) is 3.47. The van der Waals surface area contributed by atoms with Crippen molar-refractivity contribution in [3.05, 3.63) is 58.1 Å². The average Bonchev–Trinajstić information content (AvgIpc) is 2.74. The number of nitrogens with zero attached hydrogens (tertiary/aromatic N) is 1. The first-order valence-corrected chi connectivity index (χ1v) is 12.8. The smallest absolute Gasteiger partial charge is 0.251 e. The van der Waals surface area contributed by atoms with Gasteiger partial charge in [-0.1, -0.05) is 29.3 Å². The zero-order valence-corrected chi connectivity index (χ0v) is 19.6. The lowest BCUT2D eigenvalue weighted by Crippen LogP contribution is -2.39. The second kappa shape index (κ2) is 10.7. The van der Waals surface area contributed by atoms with Crippen molar-refractivity contribution in [2.75, 3.05) is 32.4 Å². The second-order valence-electron chi connectivity index (χ2n) is 7.64. The molecule has 0 radical (unpaired) electrons. The molecule has 3 rings (SSSR count). The number of ether oxygens (including phenoxy) is 1. The Kier molecular flexibility index (Phi) is 8.22. The van der Waals surface area contributed by atoms with Crippen LogP contribution in [0.15, 0.2) is 47.4 Å². The van der Waals surface area contributed by atoms with Crippen molar-refractivity contribution in [2.45, 2.75) is 30.3 Å². The summed E-state index contributed by atoms with van der Waals surface area (Å²) in [6.45, 7) is 3.26. The van der Waals surface area contributed by atoms with E-state index in [2.05, 4.69) is 10.2 Å². The van der Waals surface area contributed by atoms with Crippen molar-refractivity contribution in [3.63, 3.8) is 0 Å². The Morgan fingerprint density at radius 1 is 1.13 bits per heavy atom. The summed E-state index contributed by atoms with van der Waals surface area (Å²) in [6.07, 6.45) is 3.93. The maximum atomic E-state index is 12.3. The Hall–Kier alpha value is -1.80. The van der Waals surface area contributed by atoms with Crippen molar-refractivity contribution >= 4 is 38.9 Å². The Morgan fingerprint density at radius 2 is 1.87 bits per heavy atom. The van der Waals surface area contributed by atoms with E-state index in [0.717, 1.165) is 50.9 Å². The lowest BCUT2D eigenvalue weighted by Gasteiger charge is -2.32. The van der Waals surface area contributed by atoms with Gasteiger partial charge in [-0.25, -0.2) is 8.42 Å². The number of sulfone groups is 1. The minimum absolute atomic E-state index is 0.145. The third-order valence-corrected chi connectivity index (χ3v) is 7.04. The molecule has 0 unspecified atom stereocenters. The molecule has 1 fully saturated rings. The van der Waals surface area contributed by atoms with Crippen LogP contribution < -0.4 is 10.1 Å². The SMILES string of the molecule is CS(=O)(=O)c1cccc(C(=O)NCCCN2CCC(Oc3ccc(Cl)c(Cl)c3)CC2)c1. The molecule has 31 heavy (non-hydrogen) atoms. The number of hydrogen-bond donors (Lipinski definition) is 1. The minimum Gasteiger partial charge on any atom is -0.490 e. The fraction of sp³-hybridized carbons (Fsp3) is 0.409. The zero-order chi connectivity index (χ0) is 22.4. The van der Waals surface area contributed by atoms with Crippen LogP contribution >= 0.6 is 23.2 Å². The molecule has 1 aliphatic heterocycles. The van der Waals surface area contributed by atoms with Gasteiger partial charge in [0, 0.05) is 37.5 Å². The van der Waals surface area contributed by atoms with Crippen LogP contribution in [0.4, 0.5) is 0 Å². The molecule has 0 aromatic heterocycles.